The fraction of sp³-hybridized carbons (Fsp3) is 0. The van der Waals surface area contributed by atoms with Gasteiger partial charge in [0.15, 0.2) is 5.58 Å². The molecule has 5 nitrogen and oxygen atoms in total. The fourth-order valence-electron chi connectivity index (χ4n) is 1.19. The number of carboxylic acids is 1. The number of benzene rings is 1. The van der Waals surface area contributed by atoms with Crippen LogP contribution in [0.4, 0.5) is 10.4 Å². The molecule has 1 aromatic heterocycles. The molecule has 0 bridgehead atoms. The molecule has 14 heavy (non-hydrogen) atoms. The van der Waals surface area contributed by atoms with E-state index in [0.29, 0.717) is 0 Å². The number of halogens is 1. The van der Waals surface area contributed by atoms with Crippen molar-refractivity contribution in [1.82, 2.24) is 4.98 Å². The predicted molar refractivity (Wildman–Crippen MR) is 45.3 cm³/mol. The van der Waals surface area contributed by atoms with E-state index < -0.39 is 17.3 Å². The number of oxazole rings is 1. The van der Waals surface area contributed by atoms with Crippen molar-refractivity contribution in [1.29, 1.82) is 0 Å². The monoisotopic (exact) mass is 196 g/mol. The first-order chi connectivity index (χ1) is 6.59. The summed E-state index contributed by atoms with van der Waals surface area (Å²) in [5, 5.41) is 8.71. The molecule has 0 spiro atoms. The molecule has 0 saturated heterocycles. The number of carboxylic acid groups (broad SMARTS) is 1. The number of aromatic carboxylic acids is 1. The molecule has 2 rings (SSSR count). The van der Waals surface area contributed by atoms with Crippen LogP contribution in [0, 0.1) is 5.82 Å². The molecule has 0 aliphatic carbocycles. The zero-order valence-corrected chi connectivity index (χ0v) is 6.82. The standard InChI is InChI=1S/C8H5FN2O3/c9-3-1-2-4-6(5(3)7(12)13)11-8(10)14-4/h1-2H,(H2,10,11)(H,12,13). The summed E-state index contributed by atoms with van der Waals surface area (Å²) in [4.78, 5) is 14.3. The zero-order valence-electron chi connectivity index (χ0n) is 6.82. The third-order valence-electron chi connectivity index (χ3n) is 1.74. The number of hydrogen-bond donors (Lipinski definition) is 2. The number of nitrogens with two attached hydrogens (primary N) is 1. The minimum absolute atomic E-state index is 0.0741. The highest BCUT2D eigenvalue weighted by Crippen LogP contribution is 2.23. The van der Waals surface area contributed by atoms with Crippen LogP contribution < -0.4 is 5.73 Å². The van der Waals surface area contributed by atoms with E-state index >= 15 is 0 Å². The van der Waals surface area contributed by atoms with Crippen molar-refractivity contribution in [2.45, 2.75) is 0 Å². The lowest BCUT2D eigenvalue weighted by molar-refractivity contribution is 0.0694. The first-order valence-corrected chi connectivity index (χ1v) is 3.67. The third kappa shape index (κ3) is 1.08. The largest absolute Gasteiger partial charge is 0.478 e. The second kappa shape index (κ2) is 2.69. The molecule has 0 unspecified atom stereocenters. The number of rotatable bonds is 1. The Labute approximate surface area is 77.0 Å². The Kier molecular flexibility index (Phi) is 1.63. The van der Waals surface area contributed by atoms with Gasteiger partial charge in [0.1, 0.15) is 16.9 Å². The van der Waals surface area contributed by atoms with Crippen molar-refractivity contribution < 1.29 is 18.7 Å². The van der Waals surface area contributed by atoms with Gasteiger partial charge in [-0.25, -0.2) is 9.18 Å². The van der Waals surface area contributed by atoms with E-state index in [4.69, 9.17) is 15.3 Å². The number of hydrogen-bond acceptors (Lipinski definition) is 4. The molecule has 6 heteroatoms. The van der Waals surface area contributed by atoms with E-state index in [2.05, 4.69) is 4.98 Å². The normalized spacial score (nSPS) is 10.6. The summed E-state index contributed by atoms with van der Waals surface area (Å²) < 4.78 is 17.9. The number of aromatic nitrogens is 1. The van der Waals surface area contributed by atoms with E-state index in [1.165, 1.54) is 6.07 Å². The fourth-order valence-corrected chi connectivity index (χ4v) is 1.19. The van der Waals surface area contributed by atoms with Crippen LogP contribution in [0.2, 0.25) is 0 Å². The smallest absolute Gasteiger partial charge is 0.341 e. The topological polar surface area (TPSA) is 89.3 Å². The molecule has 0 amide bonds. The second-order valence-corrected chi connectivity index (χ2v) is 2.63. The van der Waals surface area contributed by atoms with Gasteiger partial charge >= 0.3 is 5.97 Å². The van der Waals surface area contributed by atoms with E-state index in [9.17, 15) is 9.18 Å². The molecule has 1 aromatic carbocycles. The maximum Gasteiger partial charge on any atom is 0.341 e. The van der Waals surface area contributed by atoms with Gasteiger partial charge in [0, 0.05) is 0 Å². The summed E-state index contributed by atoms with van der Waals surface area (Å²) in [5.41, 5.74) is 4.77. The summed E-state index contributed by atoms with van der Waals surface area (Å²) in [6.07, 6.45) is 0. The lowest BCUT2D eigenvalue weighted by Gasteiger charge is -1.95. The zero-order chi connectivity index (χ0) is 10.3. The van der Waals surface area contributed by atoms with Crippen LogP contribution in [-0.2, 0) is 0 Å². The first-order valence-electron chi connectivity index (χ1n) is 3.67. The Morgan fingerprint density at radius 3 is 2.93 bits per heavy atom. The van der Waals surface area contributed by atoms with Gasteiger partial charge in [-0.05, 0) is 12.1 Å². The van der Waals surface area contributed by atoms with Crippen LogP contribution >= 0.6 is 0 Å². The highest BCUT2D eigenvalue weighted by Gasteiger charge is 2.18. The Balaban J connectivity index is 2.88. The van der Waals surface area contributed by atoms with Gasteiger partial charge in [0.2, 0.25) is 0 Å². The summed E-state index contributed by atoms with van der Waals surface area (Å²) in [6.45, 7) is 0. The number of carbonyl (C=O) groups is 1. The number of nitrogens with zero attached hydrogens (tertiary/aromatic N) is 1. The van der Waals surface area contributed by atoms with Crippen LogP contribution in [0.1, 0.15) is 10.4 Å². The third-order valence-corrected chi connectivity index (χ3v) is 1.74. The molecule has 0 radical (unpaired) electrons. The van der Waals surface area contributed by atoms with E-state index in [0.717, 1.165) is 6.07 Å². The molecule has 0 fully saturated rings. The minimum Gasteiger partial charge on any atom is -0.478 e. The molecular formula is C8H5FN2O3. The Morgan fingerprint density at radius 1 is 1.57 bits per heavy atom. The minimum atomic E-state index is -1.40. The van der Waals surface area contributed by atoms with Crippen molar-refractivity contribution in [3.63, 3.8) is 0 Å². The molecular weight excluding hydrogens is 191 g/mol. The van der Waals surface area contributed by atoms with Crippen molar-refractivity contribution >= 4 is 23.1 Å². The quantitative estimate of drug-likeness (QED) is 0.716. The Hall–Kier alpha value is -2.11. The van der Waals surface area contributed by atoms with Gasteiger partial charge < -0.3 is 15.3 Å². The number of nitrogen functional groups attached to an aromatic ring is 1. The Bertz CT molecular complexity index is 521. The molecule has 0 aliphatic rings. The SMILES string of the molecule is Nc1nc2c(C(=O)O)c(F)ccc2o1. The molecule has 0 aliphatic heterocycles. The maximum atomic E-state index is 13.1. The number of fused-ring (bicyclic) bond motifs is 1. The lowest BCUT2D eigenvalue weighted by atomic mass is 10.2. The molecule has 72 valence electrons. The van der Waals surface area contributed by atoms with Crippen molar-refractivity contribution in [3.05, 3.63) is 23.5 Å². The van der Waals surface area contributed by atoms with Crippen molar-refractivity contribution in [3.8, 4) is 0 Å². The number of anilines is 1. The van der Waals surface area contributed by atoms with Crippen LogP contribution in [0.3, 0.4) is 0 Å². The molecule has 0 atom stereocenters. The van der Waals surface area contributed by atoms with Gasteiger partial charge in [-0.1, -0.05) is 0 Å². The molecule has 0 saturated carbocycles. The van der Waals surface area contributed by atoms with Crippen LogP contribution in [-0.4, -0.2) is 16.1 Å². The van der Waals surface area contributed by atoms with Gasteiger partial charge in [0.25, 0.3) is 6.01 Å². The van der Waals surface area contributed by atoms with Crippen LogP contribution in [0.25, 0.3) is 11.1 Å². The predicted octanol–water partition coefficient (Wildman–Crippen LogP) is 1.25. The van der Waals surface area contributed by atoms with E-state index in [1.54, 1.807) is 0 Å². The summed E-state index contributed by atoms with van der Waals surface area (Å²) >= 11 is 0. The summed E-state index contributed by atoms with van der Waals surface area (Å²) in [5.74, 6) is -2.26. The highest BCUT2D eigenvalue weighted by molar-refractivity contribution is 6.00. The average molecular weight is 196 g/mol. The van der Waals surface area contributed by atoms with Gasteiger partial charge in [-0.15, -0.1) is 0 Å². The van der Waals surface area contributed by atoms with Gasteiger partial charge in [-0.2, -0.15) is 4.98 Å². The molecule has 3 N–H and O–H groups in total. The second-order valence-electron chi connectivity index (χ2n) is 2.63. The lowest BCUT2D eigenvalue weighted by Crippen LogP contribution is -2.01. The Morgan fingerprint density at radius 2 is 2.29 bits per heavy atom. The summed E-state index contributed by atoms with van der Waals surface area (Å²) in [7, 11) is 0. The van der Waals surface area contributed by atoms with Gasteiger partial charge in [-0.3, -0.25) is 0 Å². The van der Waals surface area contributed by atoms with Gasteiger partial charge in [0.05, 0.1) is 0 Å². The highest BCUT2D eigenvalue weighted by atomic mass is 19.1. The van der Waals surface area contributed by atoms with Crippen LogP contribution in [0.5, 0.6) is 0 Å². The first kappa shape index (κ1) is 8.49. The molecule has 1 heterocycles. The summed E-state index contributed by atoms with van der Waals surface area (Å²) in [6, 6.07) is 2.09. The maximum absolute atomic E-state index is 13.1. The average Bonchev–Trinajstić information content (AvgIpc) is 2.43. The van der Waals surface area contributed by atoms with E-state index in [-0.39, 0.29) is 17.1 Å². The van der Waals surface area contributed by atoms with E-state index in [1.807, 2.05) is 0 Å². The van der Waals surface area contributed by atoms with Crippen LogP contribution in [0.15, 0.2) is 16.5 Å². The van der Waals surface area contributed by atoms with Crippen molar-refractivity contribution in [2.24, 2.45) is 0 Å². The molecule has 2 aromatic rings. The van der Waals surface area contributed by atoms with Crippen molar-refractivity contribution in [2.75, 3.05) is 5.73 Å².